The van der Waals surface area contributed by atoms with Gasteiger partial charge in [-0.05, 0) is 30.5 Å². The molecule has 0 bridgehead atoms. The van der Waals surface area contributed by atoms with Gasteiger partial charge in [-0.15, -0.1) is 33.9 Å². The molecule has 0 aromatic carbocycles. The number of carbonyl (C=O) groups is 1. The lowest BCUT2D eigenvalue weighted by Crippen LogP contribution is -2.08. The minimum Gasteiger partial charge on any atom is -0.330 e. The van der Waals surface area contributed by atoms with Gasteiger partial charge in [0.25, 0.3) is 0 Å². The van der Waals surface area contributed by atoms with Gasteiger partial charge in [0, 0.05) is 19.2 Å². The van der Waals surface area contributed by atoms with E-state index in [1.807, 2.05) is 23.1 Å². The van der Waals surface area contributed by atoms with Gasteiger partial charge in [0.05, 0.1) is 4.88 Å². The smallest absolute Gasteiger partial charge is 0.191 e. The number of hydrogen-bond donors (Lipinski definition) is 1. The number of aromatic nitrogens is 3. The third-order valence-corrected chi connectivity index (χ3v) is 4.83. The Morgan fingerprint density at radius 2 is 2.25 bits per heavy atom. The van der Waals surface area contributed by atoms with Crippen LogP contribution in [0.15, 0.2) is 16.6 Å². The van der Waals surface area contributed by atoms with Crippen LogP contribution in [-0.4, -0.2) is 27.1 Å². The van der Waals surface area contributed by atoms with Crippen molar-refractivity contribution in [2.45, 2.75) is 24.3 Å². The van der Waals surface area contributed by atoms with Crippen molar-refractivity contribution in [2.75, 3.05) is 6.54 Å². The highest BCUT2D eigenvalue weighted by Gasteiger charge is 2.10. The SMILES string of the molecule is CC(=O)c1cc(CSc2nnc(CCN)n2C)cs1.Cl. The maximum absolute atomic E-state index is 11.2. The standard InChI is InChI=1S/C12H16N4OS2.ClH/c1-8(17)10-5-9(6-18-10)7-19-12-15-14-11(3-4-13)16(12)2;/h5-6H,3-4,7,13H2,1-2H3;1H. The molecule has 0 aliphatic rings. The number of thiophene rings is 1. The number of nitrogens with zero attached hydrogens (tertiary/aromatic N) is 3. The number of hydrogen-bond acceptors (Lipinski definition) is 6. The van der Waals surface area contributed by atoms with Crippen molar-refractivity contribution >= 4 is 41.3 Å². The highest BCUT2D eigenvalue weighted by molar-refractivity contribution is 7.98. The van der Waals surface area contributed by atoms with E-state index in [-0.39, 0.29) is 18.2 Å². The van der Waals surface area contributed by atoms with Gasteiger partial charge in [0.2, 0.25) is 0 Å². The molecule has 0 unspecified atom stereocenters. The number of ketones is 1. The molecule has 2 N–H and O–H groups in total. The summed E-state index contributed by atoms with van der Waals surface area (Å²) in [5.41, 5.74) is 6.66. The molecule has 0 saturated heterocycles. The first-order valence-electron chi connectivity index (χ1n) is 5.91. The van der Waals surface area contributed by atoms with Crippen LogP contribution in [0.2, 0.25) is 0 Å². The van der Waals surface area contributed by atoms with E-state index < -0.39 is 0 Å². The summed E-state index contributed by atoms with van der Waals surface area (Å²) < 4.78 is 1.97. The molecule has 0 fully saturated rings. The topological polar surface area (TPSA) is 73.8 Å². The van der Waals surface area contributed by atoms with E-state index in [0.29, 0.717) is 6.54 Å². The predicted molar refractivity (Wildman–Crippen MR) is 84.9 cm³/mol. The van der Waals surface area contributed by atoms with Crippen LogP contribution < -0.4 is 5.73 Å². The molecule has 8 heteroatoms. The molecule has 2 rings (SSSR count). The minimum absolute atomic E-state index is 0. The summed E-state index contributed by atoms with van der Waals surface area (Å²) >= 11 is 3.10. The Labute approximate surface area is 132 Å². The lowest BCUT2D eigenvalue weighted by atomic mass is 10.3. The Morgan fingerprint density at radius 3 is 2.85 bits per heavy atom. The van der Waals surface area contributed by atoms with Crippen molar-refractivity contribution in [1.82, 2.24) is 14.8 Å². The summed E-state index contributed by atoms with van der Waals surface area (Å²) in [7, 11) is 1.95. The molecule has 0 amide bonds. The van der Waals surface area contributed by atoms with Crippen LogP contribution in [0.4, 0.5) is 0 Å². The number of Topliss-reactive ketones (excluding diaryl/α,β-unsaturated/α-hetero) is 1. The number of thioether (sulfide) groups is 1. The van der Waals surface area contributed by atoms with E-state index in [0.717, 1.165) is 33.6 Å². The zero-order valence-electron chi connectivity index (χ0n) is 11.3. The molecular weight excluding hydrogens is 316 g/mol. The fourth-order valence-electron chi connectivity index (χ4n) is 1.60. The first kappa shape index (κ1) is 17.2. The van der Waals surface area contributed by atoms with Gasteiger partial charge in [-0.2, -0.15) is 0 Å². The molecule has 0 aliphatic carbocycles. The van der Waals surface area contributed by atoms with Crippen LogP contribution in [0.3, 0.4) is 0 Å². The van der Waals surface area contributed by atoms with Gasteiger partial charge in [-0.1, -0.05) is 11.8 Å². The van der Waals surface area contributed by atoms with Gasteiger partial charge in [-0.3, -0.25) is 4.79 Å². The van der Waals surface area contributed by atoms with Crippen LogP contribution in [0.5, 0.6) is 0 Å². The van der Waals surface area contributed by atoms with E-state index in [9.17, 15) is 4.79 Å². The third kappa shape index (κ3) is 4.05. The Morgan fingerprint density at radius 1 is 1.50 bits per heavy atom. The third-order valence-electron chi connectivity index (χ3n) is 2.66. The minimum atomic E-state index is 0. The highest BCUT2D eigenvalue weighted by atomic mass is 35.5. The Kier molecular flexibility index (Phi) is 6.67. The number of nitrogens with two attached hydrogens (primary N) is 1. The van der Waals surface area contributed by atoms with Crippen molar-refractivity contribution in [3.8, 4) is 0 Å². The second-order valence-electron chi connectivity index (χ2n) is 4.16. The maximum atomic E-state index is 11.2. The number of halogens is 1. The van der Waals surface area contributed by atoms with Crippen LogP contribution >= 0.6 is 35.5 Å². The molecule has 2 aromatic rings. The van der Waals surface area contributed by atoms with Crippen LogP contribution in [0, 0.1) is 0 Å². The van der Waals surface area contributed by atoms with E-state index >= 15 is 0 Å². The molecule has 0 aliphatic heterocycles. The number of carbonyl (C=O) groups excluding carboxylic acids is 1. The zero-order valence-corrected chi connectivity index (χ0v) is 13.8. The largest absolute Gasteiger partial charge is 0.330 e. The fraction of sp³-hybridized carbons (Fsp3) is 0.417. The summed E-state index contributed by atoms with van der Waals surface area (Å²) in [6, 6.07) is 1.94. The Hall–Kier alpha value is -0.890. The van der Waals surface area contributed by atoms with Crippen LogP contribution in [0.1, 0.15) is 28.0 Å². The molecule has 0 atom stereocenters. The summed E-state index contributed by atoms with van der Waals surface area (Å²) in [5.74, 6) is 1.81. The van der Waals surface area contributed by atoms with Crippen LogP contribution in [-0.2, 0) is 19.2 Å². The summed E-state index contributed by atoms with van der Waals surface area (Å²) in [4.78, 5) is 12.0. The van der Waals surface area contributed by atoms with Gasteiger partial charge in [0.1, 0.15) is 5.82 Å². The molecule has 0 spiro atoms. The first-order chi connectivity index (χ1) is 9.11. The number of rotatable bonds is 6. The van der Waals surface area contributed by atoms with E-state index in [1.54, 1.807) is 18.7 Å². The molecule has 0 saturated carbocycles. The average molecular weight is 333 g/mol. The van der Waals surface area contributed by atoms with Crippen molar-refractivity contribution in [2.24, 2.45) is 12.8 Å². The van der Waals surface area contributed by atoms with Crippen molar-refractivity contribution in [3.05, 3.63) is 27.7 Å². The lowest BCUT2D eigenvalue weighted by Gasteiger charge is -2.01. The summed E-state index contributed by atoms with van der Waals surface area (Å²) in [6.45, 7) is 2.16. The second kappa shape index (κ2) is 7.78. The normalized spacial score (nSPS) is 10.3. The van der Waals surface area contributed by atoms with E-state index in [1.165, 1.54) is 11.3 Å². The van der Waals surface area contributed by atoms with Crippen molar-refractivity contribution in [3.63, 3.8) is 0 Å². The maximum Gasteiger partial charge on any atom is 0.191 e. The van der Waals surface area contributed by atoms with E-state index in [4.69, 9.17) is 5.73 Å². The fourth-order valence-corrected chi connectivity index (χ4v) is 3.38. The Bertz CT molecular complexity index is 582. The first-order valence-corrected chi connectivity index (χ1v) is 7.78. The van der Waals surface area contributed by atoms with Gasteiger partial charge < -0.3 is 10.3 Å². The average Bonchev–Trinajstić information content (AvgIpc) is 2.97. The molecular formula is C12H17ClN4OS2. The van der Waals surface area contributed by atoms with Crippen LogP contribution in [0.25, 0.3) is 0 Å². The van der Waals surface area contributed by atoms with Gasteiger partial charge in [0.15, 0.2) is 10.9 Å². The molecule has 110 valence electrons. The molecule has 2 heterocycles. The van der Waals surface area contributed by atoms with Gasteiger partial charge in [-0.25, -0.2) is 0 Å². The van der Waals surface area contributed by atoms with E-state index in [2.05, 4.69) is 10.2 Å². The summed E-state index contributed by atoms with van der Waals surface area (Å²) in [6.07, 6.45) is 0.733. The zero-order chi connectivity index (χ0) is 13.8. The highest BCUT2D eigenvalue weighted by Crippen LogP contribution is 2.24. The quantitative estimate of drug-likeness (QED) is 0.649. The van der Waals surface area contributed by atoms with Gasteiger partial charge >= 0.3 is 0 Å². The lowest BCUT2D eigenvalue weighted by molar-refractivity contribution is 0.102. The monoisotopic (exact) mass is 332 g/mol. The van der Waals surface area contributed by atoms with Crippen molar-refractivity contribution < 1.29 is 4.79 Å². The second-order valence-corrected chi connectivity index (χ2v) is 6.01. The predicted octanol–water partition coefficient (Wildman–Crippen LogP) is 2.29. The molecule has 0 radical (unpaired) electrons. The molecule has 5 nitrogen and oxygen atoms in total. The molecule has 2 aromatic heterocycles. The Balaban J connectivity index is 0.00000200. The summed E-state index contributed by atoms with van der Waals surface area (Å²) in [5, 5.41) is 11.1. The molecule has 20 heavy (non-hydrogen) atoms. The van der Waals surface area contributed by atoms with Crippen molar-refractivity contribution in [1.29, 1.82) is 0 Å².